The highest BCUT2D eigenvalue weighted by Gasteiger charge is 2.02. The smallest absolute Gasteiger partial charge is 0.153 e. The third-order valence-electron chi connectivity index (χ3n) is 2.44. The Bertz CT molecular complexity index is 488. The molecule has 0 amide bonds. The predicted molar refractivity (Wildman–Crippen MR) is 68.1 cm³/mol. The number of pyridine rings is 1. The van der Waals surface area contributed by atoms with Crippen LogP contribution in [0.25, 0.3) is 5.82 Å². The van der Waals surface area contributed by atoms with Crippen LogP contribution in [-0.4, -0.2) is 20.8 Å². The fourth-order valence-electron chi connectivity index (χ4n) is 1.54. The van der Waals surface area contributed by atoms with Gasteiger partial charge in [-0.1, -0.05) is 19.9 Å². The maximum absolute atomic E-state index is 4.57. The minimum Gasteiger partial charge on any atom is -0.309 e. The van der Waals surface area contributed by atoms with Gasteiger partial charge in [-0.15, -0.1) is 0 Å². The molecule has 0 radical (unpaired) electrons. The van der Waals surface area contributed by atoms with Gasteiger partial charge in [-0.3, -0.25) is 0 Å². The summed E-state index contributed by atoms with van der Waals surface area (Å²) < 4.78 is 1.80. The molecule has 4 nitrogen and oxygen atoms in total. The maximum atomic E-state index is 4.57. The van der Waals surface area contributed by atoms with E-state index in [2.05, 4.69) is 29.2 Å². The Balaban J connectivity index is 2.16. The van der Waals surface area contributed by atoms with E-state index in [4.69, 9.17) is 0 Å². The Kier molecular flexibility index (Phi) is 3.54. The second-order valence-corrected chi connectivity index (χ2v) is 4.42. The van der Waals surface area contributed by atoms with Crippen molar-refractivity contribution in [3.63, 3.8) is 0 Å². The van der Waals surface area contributed by atoms with Crippen LogP contribution < -0.4 is 5.32 Å². The van der Waals surface area contributed by atoms with Gasteiger partial charge in [0, 0.05) is 18.8 Å². The van der Waals surface area contributed by atoms with Crippen molar-refractivity contribution in [1.82, 2.24) is 20.1 Å². The van der Waals surface area contributed by atoms with Gasteiger partial charge in [0.1, 0.15) is 0 Å². The van der Waals surface area contributed by atoms with Crippen LogP contribution in [-0.2, 0) is 6.54 Å². The van der Waals surface area contributed by atoms with E-state index in [0.717, 1.165) is 23.8 Å². The molecular weight excluding hydrogens is 212 g/mol. The Labute approximate surface area is 102 Å². The zero-order chi connectivity index (χ0) is 12.3. The van der Waals surface area contributed by atoms with Crippen LogP contribution >= 0.6 is 0 Å². The average Bonchev–Trinajstić information content (AvgIpc) is 2.74. The van der Waals surface area contributed by atoms with Crippen molar-refractivity contribution in [3.8, 4) is 5.82 Å². The molecule has 4 heteroatoms. The van der Waals surface area contributed by atoms with Crippen molar-refractivity contribution in [2.45, 2.75) is 33.4 Å². The van der Waals surface area contributed by atoms with Crippen molar-refractivity contribution < 1.29 is 0 Å². The number of nitrogens with zero attached hydrogens (tertiary/aromatic N) is 3. The molecule has 0 aliphatic heterocycles. The fourth-order valence-corrected chi connectivity index (χ4v) is 1.54. The van der Waals surface area contributed by atoms with Gasteiger partial charge in [0.25, 0.3) is 0 Å². The second-order valence-electron chi connectivity index (χ2n) is 4.42. The molecule has 0 saturated carbocycles. The van der Waals surface area contributed by atoms with Crippen molar-refractivity contribution in [1.29, 1.82) is 0 Å². The van der Waals surface area contributed by atoms with Crippen LogP contribution in [0.15, 0.2) is 30.5 Å². The van der Waals surface area contributed by atoms with Crippen molar-refractivity contribution in [3.05, 3.63) is 41.9 Å². The molecule has 0 unspecified atom stereocenters. The molecule has 0 aliphatic rings. The van der Waals surface area contributed by atoms with Crippen molar-refractivity contribution in [2.24, 2.45) is 0 Å². The molecule has 0 spiro atoms. The van der Waals surface area contributed by atoms with E-state index in [1.165, 1.54) is 0 Å². The number of hydrogen-bond donors (Lipinski definition) is 1. The van der Waals surface area contributed by atoms with Gasteiger partial charge in [-0.05, 0) is 25.1 Å². The Morgan fingerprint density at radius 2 is 2.12 bits per heavy atom. The van der Waals surface area contributed by atoms with E-state index in [-0.39, 0.29) is 0 Å². The van der Waals surface area contributed by atoms with Gasteiger partial charge in [-0.25, -0.2) is 9.67 Å². The number of aryl methyl sites for hydroxylation is 1. The number of rotatable bonds is 4. The first-order chi connectivity index (χ1) is 8.15. The highest BCUT2D eigenvalue weighted by atomic mass is 15.3. The first-order valence-electron chi connectivity index (χ1n) is 5.87. The summed E-state index contributed by atoms with van der Waals surface area (Å²) in [5.41, 5.74) is 2.03. The minimum atomic E-state index is 0.465. The summed E-state index contributed by atoms with van der Waals surface area (Å²) in [5.74, 6) is 0.862. The molecule has 17 heavy (non-hydrogen) atoms. The quantitative estimate of drug-likeness (QED) is 0.874. The summed E-state index contributed by atoms with van der Waals surface area (Å²) >= 11 is 0. The van der Waals surface area contributed by atoms with Gasteiger partial charge in [0.15, 0.2) is 5.82 Å². The van der Waals surface area contributed by atoms with Crippen molar-refractivity contribution in [2.75, 3.05) is 0 Å². The van der Waals surface area contributed by atoms with Gasteiger partial charge in [0.2, 0.25) is 0 Å². The lowest BCUT2D eigenvalue weighted by molar-refractivity contribution is 0.580. The Morgan fingerprint density at radius 3 is 2.76 bits per heavy atom. The van der Waals surface area contributed by atoms with E-state index < -0.39 is 0 Å². The zero-order valence-electron chi connectivity index (χ0n) is 10.5. The topological polar surface area (TPSA) is 42.7 Å². The van der Waals surface area contributed by atoms with E-state index in [1.54, 1.807) is 4.68 Å². The molecular formula is C13H18N4. The lowest BCUT2D eigenvalue weighted by atomic mass is 10.3. The van der Waals surface area contributed by atoms with E-state index in [0.29, 0.717) is 6.04 Å². The van der Waals surface area contributed by atoms with Crippen LogP contribution in [0.3, 0.4) is 0 Å². The molecule has 2 aromatic rings. The summed E-state index contributed by atoms with van der Waals surface area (Å²) in [6.45, 7) is 7.01. The Hall–Kier alpha value is -1.68. The predicted octanol–water partition coefficient (Wildman–Crippen LogP) is 2.07. The standard InChI is InChI=1S/C13H18N4/c1-10(2)14-9-12-5-4-6-13(15-12)17-8-7-11(3)16-17/h4-8,10,14H,9H2,1-3H3. The third kappa shape index (κ3) is 3.14. The van der Waals surface area contributed by atoms with Crippen LogP contribution in [0.5, 0.6) is 0 Å². The largest absolute Gasteiger partial charge is 0.309 e. The average molecular weight is 230 g/mol. The molecule has 1 N–H and O–H groups in total. The van der Waals surface area contributed by atoms with E-state index >= 15 is 0 Å². The fraction of sp³-hybridized carbons (Fsp3) is 0.385. The summed E-state index contributed by atoms with van der Waals surface area (Å²) in [5, 5.41) is 7.70. The van der Waals surface area contributed by atoms with Crippen molar-refractivity contribution >= 4 is 0 Å². The summed E-state index contributed by atoms with van der Waals surface area (Å²) in [6.07, 6.45) is 1.93. The van der Waals surface area contributed by atoms with Gasteiger partial charge in [-0.2, -0.15) is 5.10 Å². The molecule has 0 saturated heterocycles. The lowest BCUT2D eigenvalue weighted by Gasteiger charge is -2.08. The van der Waals surface area contributed by atoms with E-state index in [1.807, 2.05) is 37.4 Å². The number of hydrogen-bond acceptors (Lipinski definition) is 3. The van der Waals surface area contributed by atoms with Crippen LogP contribution in [0.4, 0.5) is 0 Å². The number of aromatic nitrogens is 3. The molecule has 0 aliphatic carbocycles. The zero-order valence-corrected chi connectivity index (χ0v) is 10.5. The van der Waals surface area contributed by atoms with Gasteiger partial charge in [0.05, 0.1) is 11.4 Å². The Morgan fingerprint density at radius 1 is 1.29 bits per heavy atom. The lowest BCUT2D eigenvalue weighted by Crippen LogP contribution is -2.22. The highest BCUT2D eigenvalue weighted by Crippen LogP contribution is 2.06. The molecule has 0 fully saturated rings. The molecule has 2 heterocycles. The van der Waals surface area contributed by atoms with Crippen LogP contribution in [0.2, 0.25) is 0 Å². The van der Waals surface area contributed by atoms with Crippen LogP contribution in [0.1, 0.15) is 25.2 Å². The molecule has 2 rings (SSSR count). The highest BCUT2D eigenvalue weighted by molar-refractivity contribution is 5.24. The first kappa shape index (κ1) is 11.8. The summed E-state index contributed by atoms with van der Waals surface area (Å²) in [6, 6.07) is 8.44. The SMILES string of the molecule is Cc1ccn(-c2cccc(CNC(C)C)n2)n1. The molecule has 90 valence electrons. The molecule has 0 aromatic carbocycles. The summed E-state index contributed by atoms with van der Waals surface area (Å²) in [4.78, 5) is 4.57. The molecule has 2 aromatic heterocycles. The second kappa shape index (κ2) is 5.10. The van der Waals surface area contributed by atoms with E-state index in [9.17, 15) is 0 Å². The van der Waals surface area contributed by atoms with Gasteiger partial charge < -0.3 is 5.32 Å². The van der Waals surface area contributed by atoms with Gasteiger partial charge >= 0.3 is 0 Å². The maximum Gasteiger partial charge on any atom is 0.153 e. The third-order valence-corrected chi connectivity index (χ3v) is 2.44. The molecule has 0 bridgehead atoms. The van der Waals surface area contributed by atoms with Crippen LogP contribution in [0, 0.1) is 6.92 Å². The first-order valence-corrected chi connectivity index (χ1v) is 5.87. The monoisotopic (exact) mass is 230 g/mol. The molecule has 0 atom stereocenters. The minimum absolute atomic E-state index is 0.465. The number of nitrogens with one attached hydrogen (secondary N) is 1. The normalized spacial score (nSPS) is 11.1. The summed E-state index contributed by atoms with van der Waals surface area (Å²) in [7, 11) is 0.